The van der Waals surface area contributed by atoms with Crippen LogP contribution in [0, 0.1) is 5.92 Å². The van der Waals surface area contributed by atoms with Gasteiger partial charge in [0.25, 0.3) is 0 Å². The molecule has 4 rings (SSSR count). The van der Waals surface area contributed by atoms with Crippen LogP contribution in [0.1, 0.15) is 54.8 Å². The van der Waals surface area contributed by atoms with E-state index in [9.17, 15) is 0 Å². The standard InChI is InChI=1S/C21H22BrN/c1-13(2)14-8-5-10-16-15-9-6-11-17(15)21(23-20(14)16)18-7-3-4-12-19(18)22/h3-10,12-13,15,17,21,23H,11H2,1-2H3/t15-,17-,21+/m1/s1. The van der Waals surface area contributed by atoms with E-state index in [4.69, 9.17) is 0 Å². The molecule has 2 aliphatic rings. The zero-order chi connectivity index (χ0) is 16.0. The van der Waals surface area contributed by atoms with Crippen LogP contribution in [0.15, 0.2) is 59.1 Å². The summed E-state index contributed by atoms with van der Waals surface area (Å²) in [5, 5.41) is 3.91. The van der Waals surface area contributed by atoms with Crippen molar-refractivity contribution in [3.05, 3.63) is 75.8 Å². The Hall–Kier alpha value is -1.54. The fourth-order valence-electron chi connectivity index (χ4n) is 4.16. The van der Waals surface area contributed by atoms with Crippen LogP contribution in [0.2, 0.25) is 0 Å². The minimum atomic E-state index is 0.359. The van der Waals surface area contributed by atoms with E-state index in [1.54, 1.807) is 0 Å². The normalized spacial score (nSPS) is 25.1. The first-order chi connectivity index (χ1) is 11.2. The molecule has 0 spiro atoms. The molecule has 1 aliphatic heterocycles. The number of halogens is 1. The Labute approximate surface area is 146 Å². The maximum atomic E-state index is 3.91. The van der Waals surface area contributed by atoms with Crippen LogP contribution in [0.3, 0.4) is 0 Å². The number of hydrogen-bond acceptors (Lipinski definition) is 1. The average Bonchev–Trinajstić information content (AvgIpc) is 3.04. The summed E-state index contributed by atoms with van der Waals surface area (Å²) in [6, 6.07) is 15.8. The number of para-hydroxylation sites is 1. The van der Waals surface area contributed by atoms with Crippen LogP contribution in [0.4, 0.5) is 5.69 Å². The van der Waals surface area contributed by atoms with Crippen molar-refractivity contribution in [2.75, 3.05) is 5.32 Å². The highest BCUT2D eigenvalue weighted by atomic mass is 79.9. The molecule has 0 saturated heterocycles. The van der Waals surface area contributed by atoms with Gasteiger partial charge in [-0.1, -0.05) is 78.3 Å². The van der Waals surface area contributed by atoms with E-state index in [1.165, 1.54) is 26.9 Å². The molecule has 0 bridgehead atoms. The minimum absolute atomic E-state index is 0.359. The highest BCUT2D eigenvalue weighted by Crippen LogP contribution is 2.52. The van der Waals surface area contributed by atoms with E-state index in [0.29, 0.717) is 23.8 Å². The molecule has 0 radical (unpaired) electrons. The van der Waals surface area contributed by atoms with Crippen LogP contribution in [0.5, 0.6) is 0 Å². The second-order valence-corrected chi connectivity index (χ2v) is 7.82. The molecule has 0 unspecified atom stereocenters. The third kappa shape index (κ3) is 2.44. The molecule has 2 aromatic rings. The lowest BCUT2D eigenvalue weighted by atomic mass is 9.75. The summed E-state index contributed by atoms with van der Waals surface area (Å²) in [6.45, 7) is 4.56. The fourth-order valence-corrected chi connectivity index (χ4v) is 4.69. The molecule has 1 aliphatic carbocycles. The minimum Gasteiger partial charge on any atom is -0.377 e. The van der Waals surface area contributed by atoms with Crippen LogP contribution in [-0.2, 0) is 0 Å². The van der Waals surface area contributed by atoms with Gasteiger partial charge in [-0.3, -0.25) is 0 Å². The van der Waals surface area contributed by atoms with Crippen LogP contribution >= 0.6 is 15.9 Å². The summed E-state index contributed by atoms with van der Waals surface area (Å²) in [5.41, 5.74) is 5.63. The van der Waals surface area contributed by atoms with Crippen molar-refractivity contribution in [3.8, 4) is 0 Å². The van der Waals surface area contributed by atoms with Gasteiger partial charge in [-0.2, -0.15) is 0 Å². The van der Waals surface area contributed by atoms with Gasteiger partial charge in [0.2, 0.25) is 0 Å². The van der Waals surface area contributed by atoms with E-state index < -0.39 is 0 Å². The summed E-state index contributed by atoms with van der Waals surface area (Å²) >= 11 is 3.76. The first kappa shape index (κ1) is 15.0. The molecule has 118 valence electrons. The third-order valence-corrected chi connectivity index (χ3v) is 6.01. The van der Waals surface area contributed by atoms with Crippen molar-refractivity contribution in [1.29, 1.82) is 0 Å². The summed E-state index contributed by atoms with van der Waals surface area (Å²) in [7, 11) is 0. The number of nitrogens with one attached hydrogen (secondary N) is 1. The molecule has 2 aromatic carbocycles. The molecule has 0 aromatic heterocycles. The zero-order valence-electron chi connectivity index (χ0n) is 13.6. The molecular weight excluding hydrogens is 346 g/mol. The molecule has 1 heterocycles. The number of hydrogen-bond donors (Lipinski definition) is 1. The summed E-state index contributed by atoms with van der Waals surface area (Å²) in [6.07, 6.45) is 5.92. The summed E-state index contributed by atoms with van der Waals surface area (Å²) in [4.78, 5) is 0. The SMILES string of the molecule is CC(C)c1cccc2c1N[C@H](c1ccccc1Br)[C@@H]1CC=C[C@H]21. The lowest BCUT2D eigenvalue weighted by molar-refractivity contribution is 0.423. The Bertz CT molecular complexity index is 762. The second kappa shape index (κ2) is 5.83. The molecular formula is C21H22BrN. The van der Waals surface area contributed by atoms with Crippen LogP contribution in [0.25, 0.3) is 0 Å². The van der Waals surface area contributed by atoms with Crippen molar-refractivity contribution < 1.29 is 0 Å². The van der Waals surface area contributed by atoms with Crippen molar-refractivity contribution in [3.63, 3.8) is 0 Å². The zero-order valence-corrected chi connectivity index (χ0v) is 15.2. The van der Waals surface area contributed by atoms with E-state index in [2.05, 4.69) is 89.7 Å². The molecule has 3 atom stereocenters. The fraction of sp³-hybridized carbons (Fsp3) is 0.333. The monoisotopic (exact) mass is 367 g/mol. The average molecular weight is 368 g/mol. The molecule has 1 nitrogen and oxygen atoms in total. The summed E-state index contributed by atoms with van der Waals surface area (Å²) < 4.78 is 1.20. The lowest BCUT2D eigenvalue weighted by Gasteiger charge is -2.39. The van der Waals surface area contributed by atoms with Crippen molar-refractivity contribution in [2.24, 2.45) is 5.92 Å². The number of rotatable bonds is 2. The Kier molecular flexibility index (Phi) is 3.81. The maximum Gasteiger partial charge on any atom is 0.0565 e. The van der Waals surface area contributed by atoms with Gasteiger partial charge in [-0.15, -0.1) is 0 Å². The number of benzene rings is 2. The molecule has 0 fully saturated rings. The van der Waals surface area contributed by atoms with Crippen molar-refractivity contribution >= 4 is 21.6 Å². The van der Waals surface area contributed by atoms with Crippen molar-refractivity contribution in [2.45, 2.75) is 38.1 Å². The molecule has 0 amide bonds. The second-order valence-electron chi connectivity index (χ2n) is 6.96. The third-order valence-electron chi connectivity index (χ3n) is 5.29. The molecule has 2 heteroatoms. The van der Waals surface area contributed by atoms with Crippen molar-refractivity contribution in [1.82, 2.24) is 0 Å². The van der Waals surface area contributed by atoms with Gasteiger partial charge in [-0.25, -0.2) is 0 Å². The highest BCUT2D eigenvalue weighted by Gasteiger charge is 2.39. The quantitative estimate of drug-likeness (QED) is 0.605. The Morgan fingerprint density at radius 1 is 1.04 bits per heavy atom. The van der Waals surface area contributed by atoms with Crippen LogP contribution < -0.4 is 5.32 Å². The number of allylic oxidation sites excluding steroid dienone is 2. The number of fused-ring (bicyclic) bond motifs is 3. The van der Waals surface area contributed by atoms with Gasteiger partial charge >= 0.3 is 0 Å². The van der Waals surface area contributed by atoms with Gasteiger partial charge in [0.1, 0.15) is 0 Å². The Morgan fingerprint density at radius 3 is 2.61 bits per heavy atom. The predicted octanol–water partition coefficient (Wildman–Crippen LogP) is 6.40. The molecule has 23 heavy (non-hydrogen) atoms. The Morgan fingerprint density at radius 2 is 1.83 bits per heavy atom. The smallest absolute Gasteiger partial charge is 0.0565 e. The van der Waals surface area contributed by atoms with Gasteiger partial charge in [0, 0.05) is 16.1 Å². The Balaban J connectivity index is 1.86. The predicted molar refractivity (Wildman–Crippen MR) is 101 cm³/mol. The van der Waals surface area contributed by atoms with Crippen LogP contribution in [-0.4, -0.2) is 0 Å². The number of anilines is 1. The van der Waals surface area contributed by atoms with E-state index >= 15 is 0 Å². The first-order valence-corrected chi connectivity index (χ1v) is 9.26. The van der Waals surface area contributed by atoms with E-state index in [-0.39, 0.29) is 0 Å². The molecule has 1 N–H and O–H groups in total. The highest BCUT2D eigenvalue weighted by molar-refractivity contribution is 9.10. The van der Waals surface area contributed by atoms with Gasteiger partial charge in [0.15, 0.2) is 0 Å². The lowest BCUT2D eigenvalue weighted by Crippen LogP contribution is -2.30. The molecule has 0 saturated carbocycles. The maximum absolute atomic E-state index is 3.91. The first-order valence-electron chi connectivity index (χ1n) is 8.47. The van der Waals surface area contributed by atoms with E-state index in [0.717, 1.165) is 6.42 Å². The van der Waals surface area contributed by atoms with Gasteiger partial charge in [-0.05, 0) is 41.0 Å². The topological polar surface area (TPSA) is 12.0 Å². The van der Waals surface area contributed by atoms with E-state index in [1.807, 2.05) is 0 Å². The van der Waals surface area contributed by atoms with Gasteiger partial charge in [0.05, 0.1) is 6.04 Å². The summed E-state index contributed by atoms with van der Waals surface area (Å²) in [5.74, 6) is 1.66. The van der Waals surface area contributed by atoms with Gasteiger partial charge < -0.3 is 5.32 Å². The largest absolute Gasteiger partial charge is 0.377 e.